The van der Waals surface area contributed by atoms with Crippen molar-refractivity contribution in [2.45, 2.75) is 12.3 Å². The van der Waals surface area contributed by atoms with Crippen molar-refractivity contribution in [1.82, 2.24) is 14.5 Å². The van der Waals surface area contributed by atoms with Crippen LogP contribution in [-0.2, 0) is 0 Å². The van der Waals surface area contributed by atoms with E-state index in [-0.39, 0.29) is 5.92 Å². The number of fused-ring (bicyclic) bond motifs is 3. The monoisotopic (exact) mass is 1160 g/mol. The first-order chi connectivity index (χ1) is 45.0. The van der Waals surface area contributed by atoms with Crippen LogP contribution in [0.2, 0.25) is 0 Å². The van der Waals surface area contributed by atoms with Gasteiger partial charge in [-0.1, -0.05) is 279 Å². The summed E-state index contributed by atoms with van der Waals surface area (Å²) in [4.78, 5) is 10.9. The highest BCUT2D eigenvalue weighted by Gasteiger charge is 2.19. The van der Waals surface area contributed by atoms with Gasteiger partial charge in [-0.2, -0.15) is 0 Å². The van der Waals surface area contributed by atoms with Gasteiger partial charge in [-0.05, 0) is 174 Å². The maximum Gasteiger partial charge on any atom is 0.160 e. The van der Waals surface area contributed by atoms with E-state index in [1.54, 1.807) is 0 Å². The van der Waals surface area contributed by atoms with Crippen LogP contribution >= 0.6 is 0 Å². The smallest absolute Gasteiger partial charge is 0.160 e. The molecule has 13 aromatic carbocycles. The van der Waals surface area contributed by atoms with Gasteiger partial charge in [0.25, 0.3) is 0 Å². The molecule has 428 valence electrons. The van der Waals surface area contributed by atoms with Crippen LogP contribution in [-0.4, -0.2) is 14.5 Å². The van der Waals surface area contributed by atoms with Crippen molar-refractivity contribution in [3.05, 3.63) is 363 Å². The van der Waals surface area contributed by atoms with Gasteiger partial charge in [-0.25, -0.2) is 9.97 Å². The Morgan fingerprint density at radius 1 is 0.264 bits per heavy atom. The van der Waals surface area contributed by atoms with Crippen LogP contribution in [0.3, 0.4) is 0 Å². The molecule has 1 aliphatic rings. The molecule has 15 aromatic rings. The predicted molar refractivity (Wildman–Crippen MR) is 382 cm³/mol. The Hall–Kier alpha value is -11.8. The third-order valence-electron chi connectivity index (χ3n) is 17.9. The second-order valence-corrected chi connectivity index (χ2v) is 23.7. The molecule has 0 saturated heterocycles. The van der Waals surface area contributed by atoms with Crippen LogP contribution in [0.25, 0.3) is 145 Å². The van der Waals surface area contributed by atoms with E-state index in [1.165, 1.54) is 88.6 Å². The van der Waals surface area contributed by atoms with Gasteiger partial charge in [0.1, 0.15) is 0 Å². The van der Waals surface area contributed by atoms with Gasteiger partial charge in [0.05, 0.1) is 22.4 Å². The molecule has 2 aromatic heterocycles. The average Bonchev–Trinajstić information content (AvgIpc) is 1.69. The fourth-order valence-electron chi connectivity index (χ4n) is 13.3. The number of benzene rings is 13. The number of para-hydroxylation sites is 2. The molecule has 0 saturated carbocycles. The molecule has 0 spiro atoms. The minimum absolute atomic E-state index is 0.165. The maximum absolute atomic E-state index is 5.47. The number of allylic oxidation sites excluding steroid dienone is 4. The molecule has 3 nitrogen and oxygen atoms in total. The summed E-state index contributed by atoms with van der Waals surface area (Å²) >= 11 is 0. The SMILES string of the molecule is C1=CC(c2cccc(-n3c4ccccc4c4ccccc43)c2)=CC(c2cccc(-c3cc(-c4ccc(-c5cccc(-c6cccc(-c7cccc(-c8ccccc8)c7)c6)c5)cc4)nc(-c4cccc(-c5cccc(-c6cccc(-c7ccccc7)c6)c5)c4)n3)c2)C1. The molecule has 3 heteroatoms. The van der Waals surface area contributed by atoms with Crippen molar-refractivity contribution in [1.29, 1.82) is 0 Å². The fourth-order valence-corrected chi connectivity index (χ4v) is 13.3. The zero-order valence-corrected chi connectivity index (χ0v) is 50.1. The topological polar surface area (TPSA) is 30.7 Å². The zero-order chi connectivity index (χ0) is 60.5. The zero-order valence-electron chi connectivity index (χ0n) is 50.1. The fraction of sp³-hybridized carbons (Fsp3) is 0.0227. The van der Waals surface area contributed by atoms with Crippen LogP contribution < -0.4 is 0 Å². The normalized spacial score (nSPS) is 12.9. The van der Waals surface area contributed by atoms with E-state index in [2.05, 4.69) is 356 Å². The van der Waals surface area contributed by atoms with Crippen LogP contribution in [0.5, 0.6) is 0 Å². The Kier molecular flexibility index (Phi) is 14.4. The maximum atomic E-state index is 5.47. The molecule has 0 amide bonds. The number of nitrogens with zero attached hydrogens (tertiary/aromatic N) is 3. The molecule has 2 heterocycles. The van der Waals surface area contributed by atoms with Gasteiger partial charge < -0.3 is 4.57 Å². The van der Waals surface area contributed by atoms with Crippen molar-refractivity contribution in [3.8, 4) is 117 Å². The summed E-state index contributed by atoms with van der Waals surface area (Å²) in [5.74, 6) is 0.834. The minimum atomic E-state index is 0.165. The van der Waals surface area contributed by atoms with Crippen LogP contribution in [0.4, 0.5) is 0 Å². The minimum Gasteiger partial charge on any atom is -0.309 e. The van der Waals surface area contributed by atoms with Crippen molar-refractivity contribution in [2.24, 2.45) is 0 Å². The van der Waals surface area contributed by atoms with Crippen molar-refractivity contribution in [3.63, 3.8) is 0 Å². The van der Waals surface area contributed by atoms with Gasteiger partial charge in [-0.15, -0.1) is 0 Å². The second-order valence-electron chi connectivity index (χ2n) is 23.7. The van der Waals surface area contributed by atoms with E-state index in [0.717, 1.165) is 68.0 Å². The summed E-state index contributed by atoms with van der Waals surface area (Å²) in [7, 11) is 0. The Morgan fingerprint density at radius 2 is 0.626 bits per heavy atom. The third-order valence-corrected chi connectivity index (χ3v) is 17.9. The lowest BCUT2D eigenvalue weighted by Crippen LogP contribution is -2.01. The molecular weight excluding hydrogens is 1100 g/mol. The lowest BCUT2D eigenvalue weighted by molar-refractivity contribution is 0.857. The summed E-state index contributed by atoms with van der Waals surface area (Å²) in [5, 5.41) is 2.52. The molecular formula is C88H61N3. The lowest BCUT2D eigenvalue weighted by Gasteiger charge is -2.19. The molecule has 1 atom stereocenters. The number of hydrogen-bond acceptors (Lipinski definition) is 2. The first-order valence-corrected chi connectivity index (χ1v) is 31.4. The van der Waals surface area contributed by atoms with Gasteiger partial charge in [0.15, 0.2) is 5.82 Å². The molecule has 0 fully saturated rings. The molecule has 1 unspecified atom stereocenters. The Balaban J connectivity index is 0.735. The second kappa shape index (κ2) is 24.1. The predicted octanol–water partition coefficient (Wildman–Crippen LogP) is 23.4. The first kappa shape index (κ1) is 54.6. The van der Waals surface area contributed by atoms with E-state index in [4.69, 9.17) is 9.97 Å². The third kappa shape index (κ3) is 11.1. The largest absolute Gasteiger partial charge is 0.309 e. The summed E-state index contributed by atoms with van der Waals surface area (Å²) in [6, 6.07) is 121. The highest BCUT2D eigenvalue weighted by Crippen LogP contribution is 2.40. The van der Waals surface area contributed by atoms with Gasteiger partial charge in [-0.3, -0.25) is 0 Å². The molecule has 0 aliphatic heterocycles. The Bertz CT molecular complexity index is 5210. The van der Waals surface area contributed by atoms with Crippen LogP contribution in [0, 0.1) is 0 Å². The molecule has 16 rings (SSSR count). The van der Waals surface area contributed by atoms with Crippen molar-refractivity contribution < 1.29 is 0 Å². The van der Waals surface area contributed by atoms with E-state index in [9.17, 15) is 0 Å². The molecule has 0 bridgehead atoms. The van der Waals surface area contributed by atoms with Crippen LogP contribution in [0.1, 0.15) is 23.5 Å². The van der Waals surface area contributed by atoms with E-state index in [0.29, 0.717) is 5.82 Å². The summed E-state index contributed by atoms with van der Waals surface area (Å²) in [6.45, 7) is 0. The summed E-state index contributed by atoms with van der Waals surface area (Å²) in [5.41, 5.74) is 28.3. The van der Waals surface area contributed by atoms with E-state index < -0.39 is 0 Å². The van der Waals surface area contributed by atoms with Crippen molar-refractivity contribution >= 4 is 27.4 Å². The first-order valence-electron chi connectivity index (χ1n) is 31.4. The quantitative estimate of drug-likeness (QED) is 0.115. The molecule has 0 N–H and O–H groups in total. The van der Waals surface area contributed by atoms with Gasteiger partial charge >= 0.3 is 0 Å². The highest BCUT2D eigenvalue weighted by atomic mass is 15.0. The Morgan fingerprint density at radius 3 is 1.13 bits per heavy atom. The van der Waals surface area contributed by atoms with Gasteiger partial charge in [0.2, 0.25) is 0 Å². The number of rotatable bonds is 13. The lowest BCUT2D eigenvalue weighted by atomic mass is 9.86. The highest BCUT2D eigenvalue weighted by molar-refractivity contribution is 6.09. The summed E-state index contributed by atoms with van der Waals surface area (Å²) in [6.07, 6.45) is 7.96. The molecule has 0 radical (unpaired) electrons. The standard InChI is InChI=1S/C88H61N3/c1-3-20-60(21-4-1)64-24-11-27-67(50-64)70-30-14-31-71(53-70)69-29-13-26-66(52-69)62-46-48-63(49-47-62)84-59-85(90-88(89-84)80-40-18-37-77(57-80)74-34-15-32-72(54-74)68-28-12-25-65(51-68)61-22-5-2-6-23-61)79-39-17-36-76(56-79)73-33-16-35-75(55-73)78-38-19-41-81(58-78)91-86-44-9-7-42-82(86)83-43-8-10-45-87(83)91/h1-32,34-59,73H,33H2. The van der Waals surface area contributed by atoms with E-state index in [1.807, 2.05) is 0 Å². The van der Waals surface area contributed by atoms with Crippen molar-refractivity contribution in [2.75, 3.05) is 0 Å². The average molecular weight is 1160 g/mol. The Labute approximate surface area is 531 Å². The van der Waals surface area contributed by atoms with E-state index >= 15 is 0 Å². The number of hydrogen-bond donors (Lipinski definition) is 0. The number of aromatic nitrogens is 3. The van der Waals surface area contributed by atoms with Gasteiger partial charge in [0, 0.05) is 39.1 Å². The van der Waals surface area contributed by atoms with Crippen LogP contribution in [0.15, 0.2) is 352 Å². The molecule has 91 heavy (non-hydrogen) atoms. The molecule has 1 aliphatic carbocycles. The summed E-state index contributed by atoms with van der Waals surface area (Å²) < 4.78 is 2.40.